The van der Waals surface area contributed by atoms with Gasteiger partial charge in [0.25, 0.3) is 0 Å². The molecule has 29 nitrogen and oxygen atoms in total. The molecule has 0 aliphatic carbocycles. The number of rotatable bonds is 21. The molecule has 6 aliphatic rings. The van der Waals surface area contributed by atoms with Crippen LogP contribution in [-0.4, -0.2) is 194 Å². The van der Waals surface area contributed by atoms with Crippen LogP contribution in [0.25, 0.3) is 5.69 Å². The number of H-pyrrole nitrogens is 7. The van der Waals surface area contributed by atoms with Crippen molar-refractivity contribution in [3.05, 3.63) is 389 Å². The molecule has 7 unspecified atom stereocenters. The van der Waals surface area contributed by atoms with E-state index in [1.807, 2.05) is 51.2 Å². The molecule has 3 saturated heterocycles. The van der Waals surface area contributed by atoms with Gasteiger partial charge in [0.15, 0.2) is 0 Å². The van der Waals surface area contributed by atoms with E-state index >= 15 is 0 Å². The number of aliphatic hydroxyl groups excluding tert-OH is 7. The summed E-state index contributed by atoms with van der Waals surface area (Å²) < 4.78 is 82.3. The molecule has 3 fully saturated rings. The van der Waals surface area contributed by atoms with Gasteiger partial charge in [0.1, 0.15) is 118 Å². The SMILES string of the molecule is OC(c1ncc[nH]1)c1ccc(F)cc1N1CC=CC1.OC(c1ncc[nH]1)c1ccc(F)cc1N1CC=CC1.OC(c1ncc[nH]1)c1ccc(F)cc1N1CC=CC1.OC(c1ncc[nH]1)c1ccc(F)cc1N1CCC1.OC(c1ncc[nH]1)c1ccc(F)cc1N1CCCC1.OC(c1ncc[nH]1)c1ccc(F)cc1N1CCCC1.OC(c1ncc[nH]1)c1cccc(Cl)c1-n1cccn1. The van der Waals surface area contributed by atoms with Crippen LogP contribution in [0.15, 0.2) is 269 Å². The number of para-hydroxylation sites is 1. The molecule has 0 amide bonds. The van der Waals surface area contributed by atoms with Crippen molar-refractivity contribution in [2.24, 2.45) is 0 Å². The third-order valence-corrected chi connectivity index (χ3v) is 23.1. The van der Waals surface area contributed by atoms with Crippen LogP contribution < -0.4 is 29.4 Å². The van der Waals surface area contributed by atoms with Crippen molar-refractivity contribution in [1.29, 1.82) is 0 Å². The minimum atomic E-state index is -0.883. The lowest BCUT2D eigenvalue weighted by molar-refractivity contribution is 0.210. The zero-order valence-electron chi connectivity index (χ0n) is 71.5. The Kier molecular flexibility index (Phi) is 31.1. The number of nitrogens with one attached hydrogen (secondary N) is 7. The van der Waals surface area contributed by atoms with Crippen molar-refractivity contribution in [3.63, 3.8) is 0 Å². The highest BCUT2D eigenvalue weighted by molar-refractivity contribution is 6.32. The monoisotopic (exact) mass is 1820 g/mol. The fourth-order valence-electron chi connectivity index (χ4n) is 16.0. The third kappa shape index (κ3) is 22.8. The Morgan fingerprint density at radius 3 is 0.697 bits per heavy atom. The van der Waals surface area contributed by atoms with E-state index in [2.05, 4.69) is 89.6 Å². The van der Waals surface area contributed by atoms with Crippen LogP contribution in [0.5, 0.6) is 0 Å². The van der Waals surface area contributed by atoms with Crippen molar-refractivity contribution in [1.82, 2.24) is 79.6 Å². The second-order valence-corrected chi connectivity index (χ2v) is 31.8. The molecule has 7 atom stereocenters. The highest BCUT2D eigenvalue weighted by atomic mass is 35.5. The van der Waals surface area contributed by atoms with Crippen molar-refractivity contribution in [2.75, 3.05) is 108 Å². The molecule has 0 saturated carbocycles. The Bertz CT molecular complexity index is 5590. The molecule has 0 radical (unpaired) electrons. The number of hydrogen-bond acceptors (Lipinski definition) is 21. The third-order valence-electron chi connectivity index (χ3n) is 22.8. The molecule has 8 aromatic heterocycles. The maximum atomic E-state index is 13.5. The van der Waals surface area contributed by atoms with Crippen molar-refractivity contribution >= 4 is 45.7 Å². The first kappa shape index (κ1) is 92.5. The van der Waals surface area contributed by atoms with Crippen LogP contribution >= 0.6 is 11.6 Å². The first-order chi connectivity index (χ1) is 64.3. The molecule has 15 aromatic rings. The average molecular weight is 1820 g/mol. The van der Waals surface area contributed by atoms with Gasteiger partial charge in [-0.15, -0.1) is 0 Å². The van der Waals surface area contributed by atoms with Crippen LogP contribution in [0, 0.1) is 34.9 Å². The first-order valence-electron chi connectivity index (χ1n) is 43.0. The minimum absolute atomic E-state index is 0.280. The summed E-state index contributed by atoms with van der Waals surface area (Å²) in [6, 6.07) is 33.9. The normalized spacial score (nSPS) is 15.8. The number of halogens is 7. The number of hydrogen-bond donors (Lipinski definition) is 14. The lowest BCUT2D eigenvalue weighted by atomic mass is 10.0. The Labute approximate surface area is 760 Å². The lowest BCUT2D eigenvalue weighted by Gasteiger charge is -2.35. The standard InChI is InChI=1S/2C14H16FN3O.3C14H14FN3O.C13H11ClN4O.C13H14FN3O/c5*15-10-3-4-11(13(19)14-16-5-6-17-14)12(9-10)18-7-1-2-8-18;14-10-4-1-3-9(11(10)18-8-2-5-17-18)12(19)13-15-6-7-16-13;14-9-2-3-10(11(8-9)17-6-1-7-17)12(18)13-15-4-5-16-13/h2*3-6,9,13,19H,1-2,7-8H2,(H,16,17);3*1-6,9,13,19H,7-8H2,(H,16,17);1-8,12,19H,(H,15,16);2-5,8,12,18H,1,6-7H2,(H,15,16). The molecule has 14 N–H and O–H groups in total. The second-order valence-electron chi connectivity index (χ2n) is 31.3. The predicted molar refractivity (Wildman–Crippen MR) is 489 cm³/mol. The second kappa shape index (κ2) is 44.4. The van der Waals surface area contributed by atoms with Crippen molar-refractivity contribution in [2.45, 2.75) is 74.8 Å². The number of nitrogens with zero attached hydrogens (tertiary/aromatic N) is 15. The van der Waals surface area contributed by atoms with Crippen LogP contribution in [0.2, 0.25) is 5.02 Å². The molecule has 21 rings (SSSR count). The molecular weight excluding hydrogens is 1720 g/mol. The molecule has 14 heterocycles. The van der Waals surface area contributed by atoms with Gasteiger partial charge in [-0.1, -0.05) is 96.6 Å². The van der Waals surface area contributed by atoms with E-state index in [-0.39, 0.29) is 34.9 Å². The summed E-state index contributed by atoms with van der Waals surface area (Å²) in [4.78, 5) is 60.9. The van der Waals surface area contributed by atoms with E-state index in [0.29, 0.717) is 107 Å². The number of aliphatic hydroxyl groups is 7. The van der Waals surface area contributed by atoms with Crippen molar-refractivity contribution < 1.29 is 62.1 Å². The first-order valence-corrected chi connectivity index (χ1v) is 43.4. The number of anilines is 6. The molecule has 684 valence electrons. The predicted octanol–water partition coefficient (Wildman–Crippen LogP) is 14.7. The van der Waals surface area contributed by atoms with Gasteiger partial charge in [-0.05, 0) is 117 Å². The van der Waals surface area contributed by atoms with Gasteiger partial charge in [-0.2, -0.15) is 5.10 Å². The van der Waals surface area contributed by atoms with E-state index in [1.165, 1.54) is 72.8 Å². The quantitative estimate of drug-likeness (QED) is 0.0235. The molecule has 7 aromatic carbocycles. The zero-order valence-corrected chi connectivity index (χ0v) is 72.2. The van der Waals surface area contributed by atoms with E-state index in [0.717, 1.165) is 128 Å². The number of imidazole rings is 7. The summed E-state index contributed by atoms with van der Waals surface area (Å²) in [5, 5.41) is 77.1. The van der Waals surface area contributed by atoms with Crippen LogP contribution in [0.3, 0.4) is 0 Å². The van der Waals surface area contributed by atoms with Crippen LogP contribution in [0.1, 0.15) is 155 Å². The fraction of sp³-hybridized carbons (Fsp3) is 0.250. The average Bonchev–Trinajstić information content (AvgIpc) is 1.45. The van der Waals surface area contributed by atoms with Crippen LogP contribution in [-0.2, 0) is 0 Å². The molecular formula is C96H99ClF6N22O7. The van der Waals surface area contributed by atoms with E-state index in [1.54, 1.807) is 164 Å². The van der Waals surface area contributed by atoms with Crippen molar-refractivity contribution in [3.8, 4) is 5.69 Å². The summed E-state index contributed by atoms with van der Waals surface area (Å²) in [7, 11) is 0. The Morgan fingerprint density at radius 1 is 0.265 bits per heavy atom. The van der Waals surface area contributed by atoms with Gasteiger partial charge in [0.2, 0.25) is 0 Å². The molecule has 0 spiro atoms. The Balaban J connectivity index is 0.000000118. The molecule has 0 bridgehead atoms. The maximum Gasteiger partial charge on any atom is 0.139 e. The summed E-state index contributed by atoms with van der Waals surface area (Å²) in [5.41, 5.74) is 9.72. The topological polar surface area (TPSA) is 380 Å². The number of aromatic nitrogens is 16. The Hall–Kier alpha value is -14.2. The summed E-state index contributed by atoms with van der Waals surface area (Å²) in [5.74, 6) is 1.51. The molecule has 6 aliphatic heterocycles. The highest BCUT2D eigenvalue weighted by Crippen LogP contribution is 2.40. The summed E-state index contributed by atoms with van der Waals surface area (Å²) in [6.07, 6.45) is 37.7. The van der Waals surface area contributed by atoms with Gasteiger partial charge >= 0.3 is 0 Å². The van der Waals surface area contributed by atoms with Gasteiger partial charge < -0.3 is 100 Å². The van der Waals surface area contributed by atoms with Crippen LogP contribution in [0.4, 0.5) is 60.5 Å². The van der Waals surface area contributed by atoms with Gasteiger partial charge in [0.05, 0.1) is 10.7 Å². The lowest BCUT2D eigenvalue weighted by Crippen LogP contribution is -2.38. The summed E-state index contributed by atoms with van der Waals surface area (Å²) >= 11 is 6.22. The van der Waals surface area contributed by atoms with E-state index < -0.39 is 42.7 Å². The van der Waals surface area contributed by atoms with E-state index in [4.69, 9.17) is 11.6 Å². The van der Waals surface area contributed by atoms with Gasteiger partial charge in [-0.3, -0.25) is 0 Å². The highest BCUT2D eigenvalue weighted by Gasteiger charge is 2.30. The summed E-state index contributed by atoms with van der Waals surface area (Å²) in [6.45, 7) is 9.77. The van der Waals surface area contributed by atoms with E-state index in [9.17, 15) is 62.1 Å². The van der Waals surface area contributed by atoms with Gasteiger partial charge in [0, 0.05) is 251 Å². The minimum Gasteiger partial charge on any atom is -0.380 e. The molecule has 132 heavy (non-hydrogen) atoms. The molecule has 36 heteroatoms. The number of aromatic amines is 7. The largest absolute Gasteiger partial charge is 0.380 e. The maximum absolute atomic E-state index is 13.5. The fourth-order valence-corrected chi connectivity index (χ4v) is 16.3. The Morgan fingerprint density at radius 2 is 0.492 bits per heavy atom. The zero-order chi connectivity index (χ0) is 92.0. The smallest absolute Gasteiger partial charge is 0.139 e. The van der Waals surface area contributed by atoms with Gasteiger partial charge in [-0.25, -0.2) is 65.9 Å². The number of benzene rings is 7.